The minimum absolute atomic E-state index is 0.0172. The van der Waals surface area contributed by atoms with Crippen LogP contribution in [0.4, 0.5) is 9.52 Å². The van der Waals surface area contributed by atoms with Gasteiger partial charge in [-0.25, -0.2) is 9.37 Å². The average Bonchev–Trinajstić information content (AvgIpc) is 2.95. The van der Waals surface area contributed by atoms with Gasteiger partial charge in [-0.2, -0.15) is 0 Å². The highest BCUT2D eigenvalue weighted by molar-refractivity contribution is 7.14. The number of carboxylic acid groups (broad SMARTS) is 1. The fraction of sp³-hybridized carbons (Fsp3) is 0.143. The van der Waals surface area contributed by atoms with E-state index in [1.54, 1.807) is 0 Å². The number of benzene rings is 1. The van der Waals surface area contributed by atoms with Crippen LogP contribution in [0.3, 0.4) is 0 Å². The Morgan fingerprint density at radius 2 is 2.04 bits per heavy atom. The Hall–Kier alpha value is -2.81. The fourth-order valence-electron chi connectivity index (χ4n) is 1.61. The average molecular weight is 337 g/mol. The number of amides is 2. The first-order valence-electron chi connectivity index (χ1n) is 6.48. The molecule has 0 saturated carbocycles. The van der Waals surface area contributed by atoms with Gasteiger partial charge in [0, 0.05) is 17.5 Å². The second-order valence-electron chi connectivity index (χ2n) is 4.40. The largest absolute Gasteiger partial charge is 0.481 e. The summed E-state index contributed by atoms with van der Waals surface area (Å²) in [5.74, 6) is -2.63. The van der Waals surface area contributed by atoms with E-state index in [9.17, 15) is 18.8 Å². The van der Waals surface area contributed by atoms with Crippen molar-refractivity contribution in [2.75, 3.05) is 11.9 Å². The Balaban J connectivity index is 1.95. The summed E-state index contributed by atoms with van der Waals surface area (Å²) in [7, 11) is 0. The van der Waals surface area contributed by atoms with Gasteiger partial charge in [-0.3, -0.25) is 19.7 Å². The lowest BCUT2D eigenvalue weighted by molar-refractivity contribution is -0.136. The standard InChI is InChI=1S/C14H12FN3O4S/c15-9-3-1-2-8(6-9)12(21)18-14-17-10(7-23-14)13(22)16-5-4-11(19)20/h1-3,6-7H,4-5H2,(H,16,22)(H,19,20)(H,17,18,21). The van der Waals surface area contributed by atoms with Gasteiger partial charge >= 0.3 is 5.97 Å². The van der Waals surface area contributed by atoms with E-state index in [2.05, 4.69) is 15.6 Å². The van der Waals surface area contributed by atoms with Gasteiger partial charge < -0.3 is 10.4 Å². The highest BCUT2D eigenvalue weighted by atomic mass is 32.1. The molecule has 0 spiro atoms. The van der Waals surface area contributed by atoms with Crippen LogP contribution >= 0.6 is 11.3 Å². The van der Waals surface area contributed by atoms with Gasteiger partial charge in [0.05, 0.1) is 6.42 Å². The summed E-state index contributed by atoms with van der Waals surface area (Å²) in [5, 5.41) is 15.0. The number of halogens is 1. The molecule has 0 saturated heterocycles. The monoisotopic (exact) mass is 337 g/mol. The Labute approximate surface area is 134 Å². The zero-order valence-corrected chi connectivity index (χ0v) is 12.5. The Bertz CT molecular complexity index is 747. The first-order valence-corrected chi connectivity index (χ1v) is 7.36. The van der Waals surface area contributed by atoms with Gasteiger partial charge in [0.1, 0.15) is 11.5 Å². The van der Waals surface area contributed by atoms with Crippen LogP contribution < -0.4 is 10.6 Å². The minimum atomic E-state index is -1.02. The molecule has 0 radical (unpaired) electrons. The Morgan fingerprint density at radius 1 is 1.26 bits per heavy atom. The third kappa shape index (κ3) is 4.85. The summed E-state index contributed by atoms with van der Waals surface area (Å²) in [4.78, 5) is 37.9. The molecule has 2 amide bonds. The highest BCUT2D eigenvalue weighted by Gasteiger charge is 2.13. The summed E-state index contributed by atoms with van der Waals surface area (Å²) in [6, 6.07) is 5.17. The van der Waals surface area contributed by atoms with E-state index < -0.39 is 23.6 Å². The lowest BCUT2D eigenvalue weighted by Gasteiger charge is -2.02. The Morgan fingerprint density at radius 3 is 2.74 bits per heavy atom. The van der Waals surface area contributed by atoms with Crippen molar-refractivity contribution in [1.29, 1.82) is 0 Å². The molecular weight excluding hydrogens is 325 g/mol. The molecule has 0 aliphatic rings. The molecule has 0 unspecified atom stereocenters. The van der Waals surface area contributed by atoms with Crippen molar-refractivity contribution < 1.29 is 23.9 Å². The third-order valence-corrected chi connectivity index (χ3v) is 3.43. The van der Waals surface area contributed by atoms with Gasteiger partial charge in [-0.15, -0.1) is 11.3 Å². The molecule has 1 heterocycles. The second kappa shape index (κ2) is 7.45. The van der Waals surface area contributed by atoms with Crippen LogP contribution in [0.5, 0.6) is 0 Å². The summed E-state index contributed by atoms with van der Waals surface area (Å²) in [5.41, 5.74) is 0.197. The maximum atomic E-state index is 13.1. The third-order valence-electron chi connectivity index (χ3n) is 2.67. The zero-order valence-electron chi connectivity index (χ0n) is 11.7. The lowest BCUT2D eigenvalue weighted by atomic mass is 10.2. The first kappa shape index (κ1) is 16.6. The van der Waals surface area contributed by atoms with Crippen molar-refractivity contribution >= 4 is 34.3 Å². The first-order chi connectivity index (χ1) is 11.0. The summed E-state index contributed by atoms with van der Waals surface area (Å²) in [6.07, 6.45) is -0.195. The van der Waals surface area contributed by atoms with E-state index in [-0.39, 0.29) is 29.4 Å². The van der Waals surface area contributed by atoms with Crippen LogP contribution in [0.1, 0.15) is 27.3 Å². The second-order valence-corrected chi connectivity index (χ2v) is 5.26. The smallest absolute Gasteiger partial charge is 0.305 e. The van der Waals surface area contributed by atoms with E-state index in [1.807, 2.05) is 0 Å². The lowest BCUT2D eigenvalue weighted by Crippen LogP contribution is -2.26. The number of carboxylic acids is 1. The molecule has 9 heteroatoms. The molecular formula is C14H12FN3O4S. The number of hydrogen-bond donors (Lipinski definition) is 3. The van der Waals surface area contributed by atoms with Crippen LogP contribution in [-0.2, 0) is 4.79 Å². The van der Waals surface area contributed by atoms with E-state index in [0.29, 0.717) is 0 Å². The maximum absolute atomic E-state index is 13.1. The summed E-state index contributed by atoms with van der Waals surface area (Å²) < 4.78 is 13.1. The molecule has 1 aromatic carbocycles. The SMILES string of the molecule is O=C(O)CCNC(=O)c1csc(NC(=O)c2cccc(F)c2)n1. The molecule has 3 N–H and O–H groups in total. The molecule has 1 aromatic heterocycles. The van der Waals surface area contributed by atoms with Crippen molar-refractivity contribution in [2.45, 2.75) is 6.42 Å². The minimum Gasteiger partial charge on any atom is -0.481 e. The van der Waals surface area contributed by atoms with Crippen molar-refractivity contribution in [3.05, 3.63) is 46.7 Å². The van der Waals surface area contributed by atoms with Crippen LogP contribution in [-0.4, -0.2) is 34.4 Å². The van der Waals surface area contributed by atoms with E-state index in [0.717, 1.165) is 17.4 Å². The number of nitrogens with zero attached hydrogens (tertiary/aromatic N) is 1. The van der Waals surface area contributed by atoms with Gasteiger partial charge in [0.25, 0.3) is 11.8 Å². The molecule has 0 fully saturated rings. The van der Waals surface area contributed by atoms with Crippen molar-refractivity contribution in [2.24, 2.45) is 0 Å². The van der Waals surface area contributed by atoms with E-state index in [1.165, 1.54) is 23.6 Å². The van der Waals surface area contributed by atoms with Gasteiger partial charge in [-0.05, 0) is 18.2 Å². The quantitative estimate of drug-likeness (QED) is 0.744. The van der Waals surface area contributed by atoms with Crippen LogP contribution in [0, 0.1) is 5.82 Å². The number of aliphatic carboxylic acids is 1. The van der Waals surface area contributed by atoms with Crippen molar-refractivity contribution in [3.63, 3.8) is 0 Å². The van der Waals surface area contributed by atoms with Gasteiger partial charge in [0.2, 0.25) is 0 Å². The molecule has 0 atom stereocenters. The number of thiazole rings is 1. The highest BCUT2D eigenvalue weighted by Crippen LogP contribution is 2.16. The van der Waals surface area contributed by atoms with Crippen molar-refractivity contribution in [1.82, 2.24) is 10.3 Å². The topological polar surface area (TPSA) is 108 Å². The van der Waals surface area contributed by atoms with Crippen molar-refractivity contribution in [3.8, 4) is 0 Å². The molecule has 2 aromatic rings. The molecule has 120 valence electrons. The summed E-state index contributed by atoms with van der Waals surface area (Å²) >= 11 is 1.03. The number of nitrogens with one attached hydrogen (secondary N) is 2. The number of hydrogen-bond acceptors (Lipinski definition) is 5. The molecule has 0 bridgehead atoms. The summed E-state index contributed by atoms with van der Waals surface area (Å²) in [6.45, 7) is -0.0172. The molecule has 7 nitrogen and oxygen atoms in total. The van der Waals surface area contributed by atoms with Gasteiger partial charge in [0.15, 0.2) is 5.13 Å². The number of anilines is 1. The van der Waals surface area contributed by atoms with Gasteiger partial charge in [-0.1, -0.05) is 6.07 Å². The number of rotatable bonds is 6. The molecule has 0 aliphatic carbocycles. The maximum Gasteiger partial charge on any atom is 0.305 e. The van der Waals surface area contributed by atoms with Crippen LogP contribution in [0.15, 0.2) is 29.6 Å². The number of aromatic nitrogens is 1. The van der Waals surface area contributed by atoms with E-state index in [4.69, 9.17) is 5.11 Å². The predicted molar refractivity (Wildman–Crippen MR) is 81.1 cm³/mol. The van der Waals surface area contributed by atoms with Crippen LogP contribution in [0.2, 0.25) is 0 Å². The number of carbonyl (C=O) groups is 3. The predicted octanol–water partition coefficient (Wildman–Crippen LogP) is 1.74. The van der Waals surface area contributed by atoms with E-state index >= 15 is 0 Å². The normalized spacial score (nSPS) is 10.1. The molecule has 23 heavy (non-hydrogen) atoms. The molecule has 0 aliphatic heterocycles. The Kier molecular flexibility index (Phi) is 5.36. The van der Waals surface area contributed by atoms with Crippen LogP contribution in [0.25, 0.3) is 0 Å². The molecule has 2 rings (SSSR count). The fourth-order valence-corrected chi connectivity index (χ4v) is 2.29. The zero-order chi connectivity index (χ0) is 16.8. The number of carbonyl (C=O) groups excluding carboxylic acids is 2.